The fourth-order valence-corrected chi connectivity index (χ4v) is 6.86. The fraction of sp³-hybridized carbons (Fsp3) is 0.812. The first-order chi connectivity index (χ1) is 13.0. The zero-order valence-corrected chi connectivity index (χ0v) is 17.5. The van der Waals surface area contributed by atoms with Crippen molar-refractivity contribution < 1.29 is 17.9 Å². The van der Waals surface area contributed by atoms with E-state index in [9.17, 15) is 13.2 Å². The quantitative estimate of drug-likeness (QED) is 0.615. The monoisotopic (exact) mass is 432 g/mol. The Balaban J connectivity index is 1.36. The summed E-state index contributed by atoms with van der Waals surface area (Å²) >= 11 is 2.82. The number of nitrogens with one attached hydrogen (secondary N) is 1. The van der Waals surface area contributed by atoms with Crippen LogP contribution in [0.1, 0.15) is 32.1 Å². The number of hydrogen-bond donors (Lipinski definition) is 1. The molecule has 3 heterocycles. The van der Waals surface area contributed by atoms with Crippen LogP contribution in [-0.2, 0) is 19.4 Å². The SMILES string of the molecule is O=C(CSc1nnc(NC2CC2)s1)N(C[C@@H]1CCCO1)[C@@H]1CCS(=O)(=O)C1. The number of thioether (sulfide) groups is 1. The molecule has 1 saturated carbocycles. The van der Waals surface area contributed by atoms with Crippen molar-refractivity contribution in [2.45, 2.75) is 54.6 Å². The maximum Gasteiger partial charge on any atom is 0.233 e. The van der Waals surface area contributed by atoms with Gasteiger partial charge in [-0.05, 0) is 32.1 Å². The molecule has 3 aliphatic rings. The van der Waals surface area contributed by atoms with E-state index in [2.05, 4.69) is 15.5 Å². The summed E-state index contributed by atoms with van der Waals surface area (Å²) in [6.07, 6.45) is 4.78. The summed E-state index contributed by atoms with van der Waals surface area (Å²) in [6, 6.07) is 0.275. The Morgan fingerprint density at radius 1 is 1.30 bits per heavy atom. The minimum atomic E-state index is -3.05. The van der Waals surface area contributed by atoms with Gasteiger partial charge < -0.3 is 15.0 Å². The molecule has 0 aromatic carbocycles. The average Bonchev–Trinajstić information content (AvgIpc) is 3.01. The topological polar surface area (TPSA) is 101 Å². The van der Waals surface area contributed by atoms with Crippen molar-refractivity contribution in [2.24, 2.45) is 0 Å². The van der Waals surface area contributed by atoms with Crippen LogP contribution in [0.3, 0.4) is 0 Å². The lowest BCUT2D eigenvalue weighted by Crippen LogP contribution is -2.46. The Hall–Kier alpha value is -0.910. The summed E-state index contributed by atoms with van der Waals surface area (Å²) < 4.78 is 30.2. The lowest BCUT2D eigenvalue weighted by atomic mass is 10.1. The number of anilines is 1. The summed E-state index contributed by atoms with van der Waals surface area (Å²) in [5.74, 6) is 0.405. The van der Waals surface area contributed by atoms with Gasteiger partial charge >= 0.3 is 0 Å². The molecule has 1 N–H and O–H groups in total. The molecule has 4 rings (SSSR count). The van der Waals surface area contributed by atoms with Crippen molar-refractivity contribution in [3.05, 3.63) is 0 Å². The van der Waals surface area contributed by atoms with Gasteiger partial charge in [-0.1, -0.05) is 23.1 Å². The minimum absolute atomic E-state index is 0.0122. The van der Waals surface area contributed by atoms with Crippen LogP contribution in [0.25, 0.3) is 0 Å². The van der Waals surface area contributed by atoms with E-state index in [1.165, 1.54) is 35.9 Å². The van der Waals surface area contributed by atoms with E-state index in [1.807, 2.05) is 0 Å². The number of nitrogens with zero attached hydrogens (tertiary/aromatic N) is 3. The standard InChI is InChI=1S/C16H24N4O4S3/c21-14(9-25-16-19-18-15(26-16)17-11-3-4-11)20(8-13-2-1-6-24-13)12-5-7-27(22,23)10-12/h11-13H,1-10H2,(H,17,18)/t12-,13+/m1/s1. The first-order valence-corrected chi connectivity index (χ1v) is 13.0. The van der Waals surface area contributed by atoms with Crippen molar-refractivity contribution in [3.8, 4) is 0 Å². The molecule has 8 nitrogen and oxygen atoms in total. The smallest absolute Gasteiger partial charge is 0.233 e. The predicted octanol–water partition coefficient (Wildman–Crippen LogP) is 1.40. The highest BCUT2D eigenvalue weighted by molar-refractivity contribution is 8.01. The van der Waals surface area contributed by atoms with Crippen LogP contribution in [0.5, 0.6) is 0 Å². The van der Waals surface area contributed by atoms with E-state index < -0.39 is 9.84 Å². The van der Waals surface area contributed by atoms with Crippen molar-refractivity contribution in [3.63, 3.8) is 0 Å². The zero-order chi connectivity index (χ0) is 18.9. The van der Waals surface area contributed by atoms with Crippen LogP contribution in [0.4, 0.5) is 5.13 Å². The van der Waals surface area contributed by atoms with Crippen molar-refractivity contribution in [2.75, 3.05) is 35.7 Å². The summed E-state index contributed by atoms with van der Waals surface area (Å²) in [6.45, 7) is 1.19. The Kier molecular flexibility index (Phi) is 5.91. The minimum Gasteiger partial charge on any atom is -0.376 e. The van der Waals surface area contributed by atoms with Gasteiger partial charge in [0.1, 0.15) is 0 Å². The normalized spacial score (nSPS) is 27.0. The van der Waals surface area contributed by atoms with E-state index in [-0.39, 0.29) is 35.3 Å². The van der Waals surface area contributed by atoms with Crippen molar-refractivity contribution in [1.82, 2.24) is 15.1 Å². The van der Waals surface area contributed by atoms with E-state index in [0.29, 0.717) is 25.6 Å². The lowest BCUT2D eigenvalue weighted by Gasteiger charge is -2.30. The van der Waals surface area contributed by atoms with E-state index >= 15 is 0 Å². The van der Waals surface area contributed by atoms with Crippen molar-refractivity contribution >= 4 is 44.0 Å². The molecular weight excluding hydrogens is 408 g/mol. The van der Waals surface area contributed by atoms with Crippen LogP contribution in [0.2, 0.25) is 0 Å². The van der Waals surface area contributed by atoms with Gasteiger partial charge in [0, 0.05) is 25.2 Å². The molecule has 1 amide bonds. The average molecular weight is 433 g/mol. The summed E-state index contributed by atoms with van der Waals surface area (Å²) in [5, 5.41) is 12.3. The molecule has 1 aromatic rings. The van der Waals surface area contributed by atoms with E-state index in [1.54, 1.807) is 4.90 Å². The van der Waals surface area contributed by atoms with Gasteiger partial charge in [0.25, 0.3) is 0 Å². The van der Waals surface area contributed by atoms with Gasteiger partial charge in [-0.25, -0.2) is 8.42 Å². The van der Waals surface area contributed by atoms with Gasteiger partial charge in [0.2, 0.25) is 11.0 Å². The third-order valence-electron chi connectivity index (χ3n) is 5.02. The highest BCUT2D eigenvalue weighted by atomic mass is 32.2. The Labute approximate surface area is 167 Å². The number of ether oxygens (including phenoxy) is 1. The second-order valence-corrected chi connectivity index (χ2v) is 11.7. The summed E-state index contributed by atoms with van der Waals surface area (Å²) in [7, 11) is -3.05. The highest BCUT2D eigenvalue weighted by Gasteiger charge is 2.36. The van der Waals surface area contributed by atoms with Crippen LogP contribution in [-0.4, -0.2) is 78.0 Å². The Morgan fingerprint density at radius 2 is 2.15 bits per heavy atom. The molecule has 150 valence electrons. The van der Waals surface area contributed by atoms with E-state index in [4.69, 9.17) is 4.74 Å². The molecule has 0 bridgehead atoms. The molecular formula is C16H24N4O4S3. The first-order valence-electron chi connectivity index (χ1n) is 9.33. The molecule has 0 radical (unpaired) electrons. The van der Waals surface area contributed by atoms with Crippen molar-refractivity contribution in [1.29, 1.82) is 0 Å². The fourth-order valence-electron chi connectivity index (χ4n) is 3.42. The summed E-state index contributed by atoms with van der Waals surface area (Å²) in [5.41, 5.74) is 0. The predicted molar refractivity (Wildman–Crippen MR) is 105 cm³/mol. The number of rotatable bonds is 8. The van der Waals surface area contributed by atoms with Crippen LogP contribution >= 0.6 is 23.1 Å². The Morgan fingerprint density at radius 3 is 2.81 bits per heavy atom. The van der Waals surface area contributed by atoms with Crippen LogP contribution < -0.4 is 5.32 Å². The van der Waals surface area contributed by atoms with E-state index in [0.717, 1.165) is 22.3 Å². The molecule has 2 aliphatic heterocycles. The highest BCUT2D eigenvalue weighted by Crippen LogP contribution is 2.31. The third kappa shape index (κ3) is 5.33. The van der Waals surface area contributed by atoms with Crippen LogP contribution in [0, 0.1) is 0 Å². The molecule has 1 aromatic heterocycles. The number of sulfone groups is 1. The zero-order valence-electron chi connectivity index (χ0n) is 15.0. The Bertz CT molecular complexity index is 774. The van der Waals surface area contributed by atoms with Gasteiger partial charge in [-0.3, -0.25) is 4.79 Å². The molecule has 2 atom stereocenters. The third-order valence-corrected chi connectivity index (χ3v) is 8.75. The molecule has 27 heavy (non-hydrogen) atoms. The first kappa shape index (κ1) is 19.4. The number of aromatic nitrogens is 2. The lowest BCUT2D eigenvalue weighted by molar-refractivity contribution is -0.131. The van der Waals surface area contributed by atoms with Gasteiger partial charge in [0.05, 0.1) is 23.4 Å². The summed E-state index contributed by atoms with van der Waals surface area (Å²) in [4.78, 5) is 14.6. The number of carbonyl (C=O) groups excluding carboxylic acids is 1. The second kappa shape index (κ2) is 8.22. The van der Waals surface area contributed by atoms with Gasteiger partial charge in [-0.2, -0.15) is 0 Å². The molecule has 3 fully saturated rings. The number of hydrogen-bond acceptors (Lipinski definition) is 9. The largest absolute Gasteiger partial charge is 0.376 e. The molecule has 0 unspecified atom stereocenters. The second-order valence-electron chi connectivity index (χ2n) is 7.32. The molecule has 0 spiro atoms. The van der Waals surface area contributed by atoms with Gasteiger partial charge in [-0.15, -0.1) is 10.2 Å². The number of amides is 1. The van der Waals surface area contributed by atoms with Gasteiger partial charge in [0.15, 0.2) is 14.2 Å². The maximum atomic E-state index is 12.9. The molecule has 2 saturated heterocycles. The number of carbonyl (C=O) groups is 1. The molecule has 11 heteroatoms. The molecule has 1 aliphatic carbocycles. The maximum absolute atomic E-state index is 12.9. The van der Waals surface area contributed by atoms with Crippen LogP contribution in [0.15, 0.2) is 4.34 Å².